The second-order valence-electron chi connectivity index (χ2n) is 4.66. The summed E-state index contributed by atoms with van der Waals surface area (Å²) in [7, 11) is 0. The molecule has 0 aliphatic carbocycles. The number of carbonyl (C=O) groups excluding carboxylic acids is 2. The maximum atomic E-state index is 11.8. The Morgan fingerprint density at radius 3 is 2.14 bits per heavy atom. The summed E-state index contributed by atoms with van der Waals surface area (Å²) in [5.41, 5.74) is 1.95. The van der Waals surface area contributed by atoms with E-state index in [9.17, 15) is 9.59 Å². The molecule has 0 aliphatic heterocycles. The molecule has 2 aromatic rings. The predicted molar refractivity (Wildman–Crippen MR) is 90.6 cm³/mol. The first-order chi connectivity index (χ1) is 10.4. The van der Waals surface area contributed by atoms with E-state index in [0.29, 0.717) is 21.3 Å². The van der Waals surface area contributed by atoms with Gasteiger partial charge in [0.05, 0.1) is 0 Å². The Hall–Kier alpha value is -2.10. The Kier molecular flexibility index (Phi) is 5.36. The van der Waals surface area contributed by atoms with E-state index >= 15 is 0 Å². The van der Waals surface area contributed by atoms with Crippen LogP contribution in [0.1, 0.15) is 22.8 Å². The van der Waals surface area contributed by atoms with Gasteiger partial charge >= 0.3 is 0 Å². The minimum Gasteiger partial charge on any atom is -0.323 e. The summed E-state index contributed by atoms with van der Waals surface area (Å²) in [4.78, 5) is 23.0. The van der Waals surface area contributed by atoms with Crippen LogP contribution >= 0.6 is 23.2 Å². The molecule has 112 valence electrons. The van der Waals surface area contributed by atoms with Crippen molar-refractivity contribution in [2.45, 2.75) is 6.92 Å². The van der Waals surface area contributed by atoms with Crippen molar-refractivity contribution in [1.82, 2.24) is 0 Å². The minimum atomic E-state index is -0.285. The van der Waals surface area contributed by atoms with E-state index in [1.54, 1.807) is 48.5 Å². The third kappa shape index (κ3) is 4.72. The molecule has 0 saturated carbocycles. The third-order valence-electron chi connectivity index (χ3n) is 2.87. The van der Waals surface area contributed by atoms with E-state index in [-0.39, 0.29) is 11.7 Å². The van der Waals surface area contributed by atoms with Crippen LogP contribution < -0.4 is 5.32 Å². The summed E-state index contributed by atoms with van der Waals surface area (Å²) in [5, 5.41) is 3.72. The first kappa shape index (κ1) is 16.3. The van der Waals surface area contributed by atoms with Gasteiger partial charge in [0.25, 0.3) is 0 Å². The Morgan fingerprint density at radius 1 is 1.00 bits per heavy atom. The van der Waals surface area contributed by atoms with Crippen molar-refractivity contribution >= 4 is 46.7 Å². The predicted octanol–water partition coefficient (Wildman–Crippen LogP) is 4.85. The number of Topliss-reactive ketones (excluding diaryl/α,β-unsaturated/α-hetero) is 1. The van der Waals surface area contributed by atoms with Gasteiger partial charge in [-0.3, -0.25) is 9.59 Å². The molecule has 0 heterocycles. The van der Waals surface area contributed by atoms with Crippen LogP contribution in [0.4, 0.5) is 5.69 Å². The van der Waals surface area contributed by atoms with Gasteiger partial charge < -0.3 is 5.32 Å². The number of nitrogens with one attached hydrogen (secondary N) is 1. The van der Waals surface area contributed by atoms with Gasteiger partial charge in [-0.25, -0.2) is 0 Å². The molecule has 2 aromatic carbocycles. The fraction of sp³-hybridized carbons (Fsp3) is 0.0588. The zero-order chi connectivity index (χ0) is 16.1. The zero-order valence-corrected chi connectivity index (χ0v) is 13.3. The van der Waals surface area contributed by atoms with Gasteiger partial charge in [0.1, 0.15) is 0 Å². The zero-order valence-electron chi connectivity index (χ0n) is 11.8. The summed E-state index contributed by atoms with van der Waals surface area (Å²) in [6, 6.07) is 11.7. The molecular formula is C17H13Cl2NO2. The number of rotatable bonds is 4. The number of carbonyl (C=O) groups is 2. The van der Waals surface area contributed by atoms with E-state index in [1.165, 1.54) is 13.0 Å². The lowest BCUT2D eigenvalue weighted by atomic mass is 10.1. The molecule has 0 radical (unpaired) electrons. The van der Waals surface area contributed by atoms with Gasteiger partial charge in [0, 0.05) is 27.4 Å². The molecule has 0 fully saturated rings. The summed E-state index contributed by atoms with van der Waals surface area (Å²) < 4.78 is 0. The smallest absolute Gasteiger partial charge is 0.248 e. The molecule has 1 amide bonds. The van der Waals surface area contributed by atoms with Gasteiger partial charge in [-0.05, 0) is 61.0 Å². The third-order valence-corrected chi connectivity index (χ3v) is 3.31. The Bertz CT molecular complexity index is 717. The van der Waals surface area contributed by atoms with E-state index < -0.39 is 0 Å². The van der Waals surface area contributed by atoms with Crippen LogP contribution in [0.15, 0.2) is 48.5 Å². The van der Waals surface area contributed by atoms with Gasteiger partial charge in [0.15, 0.2) is 5.78 Å². The van der Waals surface area contributed by atoms with Crippen molar-refractivity contribution < 1.29 is 9.59 Å². The highest BCUT2D eigenvalue weighted by atomic mass is 35.5. The largest absolute Gasteiger partial charge is 0.323 e. The average molecular weight is 334 g/mol. The molecule has 5 heteroatoms. The van der Waals surface area contributed by atoms with Crippen molar-refractivity contribution in [3.63, 3.8) is 0 Å². The minimum absolute atomic E-state index is 0.0180. The lowest BCUT2D eigenvalue weighted by Gasteiger charge is -2.03. The molecular weight excluding hydrogens is 321 g/mol. The molecule has 0 spiro atoms. The highest BCUT2D eigenvalue weighted by Gasteiger charge is 2.01. The molecule has 0 aromatic heterocycles. The van der Waals surface area contributed by atoms with Crippen molar-refractivity contribution in [3.05, 3.63) is 69.7 Å². The standard InChI is InChI=1S/C17H13Cl2NO2/c1-11(21)13-3-5-16(6-4-13)20-17(22)7-2-12-8-14(18)10-15(19)9-12/h2-10H,1H3,(H,20,22)/b7-2+. The first-order valence-electron chi connectivity index (χ1n) is 6.50. The van der Waals surface area contributed by atoms with Crippen molar-refractivity contribution in [1.29, 1.82) is 0 Å². The van der Waals surface area contributed by atoms with Crippen molar-refractivity contribution in [2.75, 3.05) is 5.32 Å². The van der Waals surface area contributed by atoms with Crippen LogP contribution in [0.25, 0.3) is 6.08 Å². The number of ketones is 1. The first-order valence-corrected chi connectivity index (χ1v) is 7.26. The summed E-state index contributed by atoms with van der Waals surface area (Å²) in [6.07, 6.45) is 3.01. The van der Waals surface area contributed by atoms with Crippen molar-refractivity contribution in [2.24, 2.45) is 0 Å². The number of amides is 1. The molecule has 0 unspecified atom stereocenters. The quantitative estimate of drug-likeness (QED) is 0.642. The van der Waals surface area contributed by atoms with Crippen LogP contribution in [0.5, 0.6) is 0 Å². The van der Waals surface area contributed by atoms with Gasteiger partial charge in [-0.15, -0.1) is 0 Å². The van der Waals surface area contributed by atoms with E-state index in [4.69, 9.17) is 23.2 Å². The Balaban J connectivity index is 2.03. The van der Waals surface area contributed by atoms with Crippen molar-refractivity contribution in [3.8, 4) is 0 Å². The second-order valence-corrected chi connectivity index (χ2v) is 5.53. The highest BCUT2D eigenvalue weighted by Crippen LogP contribution is 2.20. The fourth-order valence-electron chi connectivity index (χ4n) is 1.82. The molecule has 22 heavy (non-hydrogen) atoms. The lowest BCUT2D eigenvalue weighted by molar-refractivity contribution is -0.111. The van der Waals surface area contributed by atoms with E-state index in [1.807, 2.05) is 0 Å². The molecule has 2 rings (SSSR count). The normalized spacial score (nSPS) is 10.7. The second kappa shape index (κ2) is 7.25. The highest BCUT2D eigenvalue weighted by molar-refractivity contribution is 6.34. The van der Waals surface area contributed by atoms with Crippen LogP contribution in [0.2, 0.25) is 10.0 Å². The number of hydrogen-bond donors (Lipinski definition) is 1. The SMILES string of the molecule is CC(=O)c1ccc(NC(=O)/C=C/c2cc(Cl)cc(Cl)c2)cc1. The van der Waals surface area contributed by atoms with E-state index in [2.05, 4.69) is 5.32 Å². The van der Waals surface area contributed by atoms with Crippen LogP contribution in [-0.4, -0.2) is 11.7 Å². The van der Waals surface area contributed by atoms with Crippen LogP contribution in [0, 0.1) is 0 Å². The Morgan fingerprint density at radius 2 is 1.59 bits per heavy atom. The summed E-state index contributed by atoms with van der Waals surface area (Å²) >= 11 is 11.8. The van der Waals surface area contributed by atoms with Gasteiger partial charge in [0.2, 0.25) is 5.91 Å². The fourth-order valence-corrected chi connectivity index (χ4v) is 2.36. The molecule has 1 N–H and O–H groups in total. The number of halogens is 2. The maximum absolute atomic E-state index is 11.8. The molecule has 3 nitrogen and oxygen atoms in total. The number of anilines is 1. The van der Waals surface area contributed by atoms with Gasteiger partial charge in [-0.2, -0.15) is 0 Å². The maximum Gasteiger partial charge on any atom is 0.248 e. The lowest BCUT2D eigenvalue weighted by Crippen LogP contribution is -2.07. The average Bonchev–Trinajstić information content (AvgIpc) is 2.45. The molecule has 0 bridgehead atoms. The number of benzene rings is 2. The van der Waals surface area contributed by atoms with Crippen LogP contribution in [0.3, 0.4) is 0 Å². The molecule has 0 aliphatic rings. The summed E-state index contributed by atoms with van der Waals surface area (Å²) in [6.45, 7) is 1.49. The van der Waals surface area contributed by atoms with Crippen LogP contribution in [-0.2, 0) is 4.79 Å². The Labute approximate surface area is 138 Å². The van der Waals surface area contributed by atoms with Gasteiger partial charge in [-0.1, -0.05) is 23.2 Å². The molecule has 0 atom stereocenters. The van der Waals surface area contributed by atoms with E-state index in [0.717, 1.165) is 5.56 Å². The topological polar surface area (TPSA) is 46.2 Å². The monoisotopic (exact) mass is 333 g/mol. The molecule has 0 saturated heterocycles. The summed E-state index contributed by atoms with van der Waals surface area (Å²) in [5.74, 6) is -0.303. The number of hydrogen-bond acceptors (Lipinski definition) is 2.